The Morgan fingerprint density at radius 1 is 1.06 bits per heavy atom. The van der Waals surface area contributed by atoms with Crippen molar-refractivity contribution in [1.82, 2.24) is 4.90 Å². The molecule has 0 bridgehead atoms. The second-order valence-electron chi connectivity index (χ2n) is 5.41. The summed E-state index contributed by atoms with van der Waals surface area (Å²) in [6.07, 6.45) is 7.01. The Morgan fingerprint density at radius 2 is 1.88 bits per heavy atom. The van der Waals surface area contributed by atoms with Crippen LogP contribution in [0.4, 0.5) is 0 Å². The Bertz CT molecular complexity index is 329. The standard InChI is InChI=1S/C15H21N/c1-2-4-13(5-3-1)6-7-14-10-11-16(12-14)15-8-9-15/h1-5,14-15H,6-12H2. The van der Waals surface area contributed by atoms with E-state index in [0.29, 0.717) is 0 Å². The van der Waals surface area contributed by atoms with E-state index >= 15 is 0 Å². The molecule has 1 atom stereocenters. The van der Waals surface area contributed by atoms with Crippen molar-refractivity contribution in [2.24, 2.45) is 5.92 Å². The number of likely N-dealkylation sites (tertiary alicyclic amines) is 1. The minimum absolute atomic E-state index is 0.959. The zero-order chi connectivity index (χ0) is 10.8. The van der Waals surface area contributed by atoms with Crippen LogP contribution in [0, 0.1) is 5.92 Å². The van der Waals surface area contributed by atoms with Crippen molar-refractivity contribution in [3.8, 4) is 0 Å². The first-order valence-electron chi connectivity index (χ1n) is 6.70. The Labute approximate surface area is 98.5 Å². The van der Waals surface area contributed by atoms with Gasteiger partial charge in [-0.15, -0.1) is 0 Å². The summed E-state index contributed by atoms with van der Waals surface area (Å²) in [6.45, 7) is 2.74. The van der Waals surface area contributed by atoms with Gasteiger partial charge in [0.1, 0.15) is 0 Å². The van der Waals surface area contributed by atoms with Gasteiger partial charge in [0.15, 0.2) is 0 Å². The van der Waals surface area contributed by atoms with Crippen LogP contribution in [0.15, 0.2) is 30.3 Å². The third-order valence-corrected chi connectivity index (χ3v) is 4.06. The molecular weight excluding hydrogens is 194 g/mol. The monoisotopic (exact) mass is 215 g/mol. The van der Waals surface area contributed by atoms with Crippen molar-refractivity contribution in [2.75, 3.05) is 13.1 Å². The Kier molecular flexibility index (Phi) is 2.96. The molecular formula is C15H21N. The summed E-state index contributed by atoms with van der Waals surface area (Å²) >= 11 is 0. The lowest BCUT2D eigenvalue weighted by Crippen LogP contribution is -2.22. The molecule has 0 N–H and O–H groups in total. The molecule has 1 aliphatic carbocycles. The van der Waals surface area contributed by atoms with Crippen LogP contribution in [0.5, 0.6) is 0 Å². The first-order chi connectivity index (χ1) is 7.92. The summed E-state index contributed by atoms with van der Waals surface area (Å²) in [5.41, 5.74) is 1.51. The van der Waals surface area contributed by atoms with Gasteiger partial charge in [0.05, 0.1) is 0 Å². The van der Waals surface area contributed by atoms with Gasteiger partial charge in [-0.2, -0.15) is 0 Å². The van der Waals surface area contributed by atoms with Crippen molar-refractivity contribution in [3.63, 3.8) is 0 Å². The van der Waals surface area contributed by atoms with Crippen molar-refractivity contribution >= 4 is 0 Å². The number of aryl methyl sites for hydroxylation is 1. The van der Waals surface area contributed by atoms with Crippen molar-refractivity contribution in [2.45, 2.75) is 38.1 Å². The average molecular weight is 215 g/mol. The van der Waals surface area contributed by atoms with Crippen LogP contribution in [0.1, 0.15) is 31.2 Å². The van der Waals surface area contributed by atoms with Gasteiger partial charge in [0, 0.05) is 12.6 Å². The molecule has 0 amide bonds. The zero-order valence-corrected chi connectivity index (χ0v) is 9.94. The predicted molar refractivity (Wildman–Crippen MR) is 67.5 cm³/mol. The number of hydrogen-bond acceptors (Lipinski definition) is 1. The molecule has 2 aliphatic rings. The zero-order valence-electron chi connectivity index (χ0n) is 9.94. The quantitative estimate of drug-likeness (QED) is 0.746. The molecule has 16 heavy (non-hydrogen) atoms. The SMILES string of the molecule is c1ccc(CCC2CCN(C3CC3)C2)cc1. The minimum atomic E-state index is 0.959. The molecule has 0 aromatic heterocycles. The summed E-state index contributed by atoms with van der Waals surface area (Å²) in [7, 11) is 0. The maximum Gasteiger partial charge on any atom is 0.00965 e. The molecule has 1 saturated heterocycles. The van der Waals surface area contributed by atoms with Crippen LogP contribution in [0.3, 0.4) is 0 Å². The molecule has 3 rings (SSSR count). The van der Waals surface area contributed by atoms with E-state index in [0.717, 1.165) is 12.0 Å². The van der Waals surface area contributed by atoms with Gasteiger partial charge in [-0.25, -0.2) is 0 Å². The number of nitrogens with zero attached hydrogens (tertiary/aromatic N) is 1. The van der Waals surface area contributed by atoms with E-state index in [-0.39, 0.29) is 0 Å². The van der Waals surface area contributed by atoms with Gasteiger partial charge in [-0.1, -0.05) is 30.3 Å². The van der Waals surface area contributed by atoms with Crippen LogP contribution in [-0.4, -0.2) is 24.0 Å². The van der Waals surface area contributed by atoms with Crippen LogP contribution < -0.4 is 0 Å². The maximum atomic E-state index is 2.72. The third kappa shape index (κ3) is 2.46. The Morgan fingerprint density at radius 3 is 2.62 bits per heavy atom. The van der Waals surface area contributed by atoms with Gasteiger partial charge in [0.2, 0.25) is 0 Å². The molecule has 1 heterocycles. The van der Waals surface area contributed by atoms with Crippen molar-refractivity contribution in [1.29, 1.82) is 0 Å². The minimum Gasteiger partial charge on any atom is -0.300 e. The van der Waals surface area contributed by atoms with Gasteiger partial charge in [0.25, 0.3) is 0 Å². The molecule has 0 spiro atoms. The summed E-state index contributed by atoms with van der Waals surface area (Å²) in [4.78, 5) is 2.72. The van der Waals surface area contributed by atoms with Crippen LogP contribution in [-0.2, 0) is 6.42 Å². The van der Waals surface area contributed by atoms with E-state index in [2.05, 4.69) is 35.2 Å². The molecule has 1 aromatic carbocycles. The highest BCUT2D eigenvalue weighted by atomic mass is 15.2. The van der Waals surface area contributed by atoms with E-state index in [1.54, 1.807) is 0 Å². The third-order valence-electron chi connectivity index (χ3n) is 4.06. The molecule has 1 heteroatoms. The largest absolute Gasteiger partial charge is 0.300 e. The highest BCUT2D eigenvalue weighted by Crippen LogP contribution is 2.32. The summed E-state index contributed by atoms with van der Waals surface area (Å²) < 4.78 is 0. The highest BCUT2D eigenvalue weighted by molar-refractivity contribution is 5.14. The lowest BCUT2D eigenvalue weighted by molar-refractivity contribution is 0.311. The predicted octanol–water partition coefficient (Wildman–Crippen LogP) is 3.10. The lowest BCUT2D eigenvalue weighted by atomic mass is 9.99. The molecule has 1 unspecified atom stereocenters. The molecule has 86 valence electrons. The van der Waals surface area contributed by atoms with E-state index < -0.39 is 0 Å². The Balaban J connectivity index is 1.46. The average Bonchev–Trinajstić information content (AvgIpc) is 3.08. The second kappa shape index (κ2) is 4.58. The van der Waals surface area contributed by atoms with Crippen molar-refractivity contribution < 1.29 is 0 Å². The van der Waals surface area contributed by atoms with E-state index in [1.807, 2.05) is 0 Å². The molecule has 0 radical (unpaired) electrons. The van der Waals surface area contributed by atoms with Crippen LogP contribution in [0.25, 0.3) is 0 Å². The summed E-state index contributed by atoms with van der Waals surface area (Å²) in [5.74, 6) is 0.959. The van der Waals surface area contributed by atoms with Gasteiger partial charge in [-0.3, -0.25) is 0 Å². The normalized spacial score (nSPS) is 26.1. The molecule has 1 aliphatic heterocycles. The van der Waals surface area contributed by atoms with Crippen molar-refractivity contribution in [3.05, 3.63) is 35.9 Å². The molecule has 2 fully saturated rings. The van der Waals surface area contributed by atoms with E-state index in [1.165, 1.54) is 50.8 Å². The fraction of sp³-hybridized carbons (Fsp3) is 0.600. The van der Waals surface area contributed by atoms with Gasteiger partial charge >= 0.3 is 0 Å². The fourth-order valence-corrected chi connectivity index (χ4v) is 2.89. The highest BCUT2D eigenvalue weighted by Gasteiger charge is 2.33. The van der Waals surface area contributed by atoms with Crippen LogP contribution in [0.2, 0.25) is 0 Å². The summed E-state index contributed by atoms with van der Waals surface area (Å²) in [6, 6.07) is 11.9. The number of rotatable bonds is 4. The van der Waals surface area contributed by atoms with E-state index in [4.69, 9.17) is 0 Å². The summed E-state index contributed by atoms with van der Waals surface area (Å²) in [5, 5.41) is 0. The molecule has 1 aromatic rings. The first-order valence-corrected chi connectivity index (χ1v) is 6.70. The topological polar surface area (TPSA) is 3.24 Å². The number of benzene rings is 1. The second-order valence-corrected chi connectivity index (χ2v) is 5.41. The van der Waals surface area contributed by atoms with Crippen LogP contribution >= 0.6 is 0 Å². The van der Waals surface area contributed by atoms with E-state index in [9.17, 15) is 0 Å². The van der Waals surface area contributed by atoms with Gasteiger partial charge < -0.3 is 4.90 Å². The first kappa shape index (κ1) is 10.3. The lowest BCUT2D eigenvalue weighted by Gasteiger charge is -2.14. The maximum absolute atomic E-state index is 2.72. The fourth-order valence-electron chi connectivity index (χ4n) is 2.89. The molecule has 1 saturated carbocycles. The smallest absolute Gasteiger partial charge is 0.00965 e. The number of hydrogen-bond donors (Lipinski definition) is 0. The Hall–Kier alpha value is -0.820. The molecule has 1 nitrogen and oxygen atoms in total. The van der Waals surface area contributed by atoms with Gasteiger partial charge in [-0.05, 0) is 50.1 Å².